The standard InChI is InChI=1S/C17H25N3/c1-19-13-11-17(12-14-19)10-6-9-16(17)18-20(2)15-7-4-3-5-8-15/h3-5,7-8H,6,9-14H2,1-2H3. The monoisotopic (exact) mass is 271 g/mol. The Morgan fingerprint density at radius 1 is 1.10 bits per heavy atom. The van der Waals surface area contributed by atoms with Crippen LogP contribution in [-0.2, 0) is 0 Å². The smallest absolute Gasteiger partial charge is 0.0590 e. The van der Waals surface area contributed by atoms with Gasteiger partial charge in [-0.25, -0.2) is 0 Å². The summed E-state index contributed by atoms with van der Waals surface area (Å²) in [5.74, 6) is 0. The van der Waals surface area contributed by atoms with Gasteiger partial charge in [0.1, 0.15) is 0 Å². The summed E-state index contributed by atoms with van der Waals surface area (Å²) in [7, 11) is 4.30. The molecule has 0 bridgehead atoms. The van der Waals surface area contributed by atoms with E-state index < -0.39 is 0 Å². The van der Waals surface area contributed by atoms with Crippen LogP contribution in [0.4, 0.5) is 5.69 Å². The fraction of sp³-hybridized carbons (Fsp3) is 0.588. The molecule has 0 N–H and O–H groups in total. The molecule has 1 aliphatic carbocycles. The van der Waals surface area contributed by atoms with Gasteiger partial charge in [-0.1, -0.05) is 18.2 Å². The van der Waals surface area contributed by atoms with Crippen molar-refractivity contribution >= 4 is 11.4 Å². The van der Waals surface area contributed by atoms with Gasteiger partial charge in [-0.15, -0.1) is 0 Å². The molecule has 0 unspecified atom stereocenters. The van der Waals surface area contributed by atoms with Crippen LogP contribution in [0.25, 0.3) is 0 Å². The second-order valence-corrected chi connectivity index (χ2v) is 6.34. The number of rotatable bonds is 2. The molecule has 1 saturated heterocycles. The molecule has 3 rings (SSSR count). The molecule has 1 saturated carbocycles. The molecule has 20 heavy (non-hydrogen) atoms. The molecule has 2 aliphatic rings. The quantitative estimate of drug-likeness (QED) is 0.768. The van der Waals surface area contributed by atoms with E-state index in [-0.39, 0.29) is 0 Å². The highest BCUT2D eigenvalue weighted by Gasteiger charge is 2.41. The van der Waals surface area contributed by atoms with Crippen LogP contribution in [0, 0.1) is 5.41 Å². The number of hydrogen-bond donors (Lipinski definition) is 0. The third-order valence-corrected chi connectivity index (χ3v) is 5.03. The average Bonchev–Trinajstić information content (AvgIpc) is 2.86. The number of anilines is 1. The van der Waals surface area contributed by atoms with Gasteiger partial charge in [0.2, 0.25) is 0 Å². The van der Waals surface area contributed by atoms with Gasteiger partial charge in [-0.05, 0) is 64.4 Å². The van der Waals surface area contributed by atoms with E-state index in [1.807, 2.05) is 0 Å². The highest BCUT2D eigenvalue weighted by atomic mass is 15.4. The van der Waals surface area contributed by atoms with Crippen molar-refractivity contribution < 1.29 is 0 Å². The topological polar surface area (TPSA) is 18.8 Å². The minimum atomic E-state index is 0.398. The molecule has 1 aromatic carbocycles. The van der Waals surface area contributed by atoms with E-state index in [4.69, 9.17) is 5.10 Å². The summed E-state index contributed by atoms with van der Waals surface area (Å²) in [5, 5.41) is 7.04. The fourth-order valence-corrected chi connectivity index (χ4v) is 3.63. The summed E-state index contributed by atoms with van der Waals surface area (Å²) in [5.41, 5.74) is 3.02. The van der Waals surface area contributed by atoms with Crippen molar-refractivity contribution in [1.29, 1.82) is 0 Å². The molecule has 0 atom stereocenters. The number of para-hydroxylation sites is 1. The van der Waals surface area contributed by atoms with Crippen LogP contribution in [0.5, 0.6) is 0 Å². The van der Waals surface area contributed by atoms with Crippen LogP contribution in [-0.4, -0.2) is 37.8 Å². The van der Waals surface area contributed by atoms with Gasteiger partial charge in [0.05, 0.1) is 5.69 Å². The molecule has 1 aliphatic heterocycles. The maximum Gasteiger partial charge on any atom is 0.0590 e. The Hall–Kier alpha value is -1.35. The van der Waals surface area contributed by atoms with Crippen LogP contribution in [0.15, 0.2) is 35.4 Å². The Morgan fingerprint density at radius 3 is 2.50 bits per heavy atom. The van der Waals surface area contributed by atoms with Crippen molar-refractivity contribution in [3.8, 4) is 0 Å². The largest absolute Gasteiger partial charge is 0.306 e. The van der Waals surface area contributed by atoms with Crippen molar-refractivity contribution in [3.05, 3.63) is 30.3 Å². The molecule has 0 aromatic heterocycles. The van der Waals surface area contributed by atoms with Gasteiger partial charge in [0.15, 0.2) is 0 Å². The van der Waals surface area contributed by atoms with Crippen molar-refractivity contribution in [2.75, 3.05) is 32.2 Å². The van der Waals surface area contributed by atoms with Crippen LogP contribution in [0.3, 0.4) is 0 Å². The first kappa shape index (κ1) is 13.6. The number of benzene rings is 1. The summed E-state index contributed by atoms with van der Waals surface area (Å²) in [4.78, 5) is 2.45. The second-order valence-electron chi connectivity index (χ2n) is 6.34. The molecule has 108 valence electrons. The first-order valence-electron chi connectivity index (χ1n) is 7.75. The molecule has 3 nitrogen and oxygen atoms in total. The van der Waals surface area contributed by atoms with Crippen LogP contribution >= 0.6 is 0 Å². The van der Waals surface area contributed by atoms with Gasteiger partial charge in [-0.2, -0.15) is 5.10 Å². The summed E-state index contributed by atoms with van der Waals surface area (Å²) in [6.45, 7) is 2.43. The van der Waals surface area contributed by atoms with Crippen LogP contribution in [0.2, 0.25) is 0 Å². The van der Waals surface area contributed by atoms with Crippen molar-refractivity contribution in [1.82, 2.24) is 4.90 Å². The van der Waals surface area contributed by atoms with E-state index in [1.165, 1.54) is 56.6 Å². The molecular formula is C17H25N3. The Balaban J connectivity index is 1.80. The fourth-order valence-electron chi connectivity index (χ4n) is 3.63. The Kier molecular flexibility index (Phi) is 3.79. The van der Waals surface area contributed by atoms with E-state index >= 15 is 0 Å². The lowest BCUT2D eigenvalue weighted by molar-refractivity contribution is 0.180. The Labute approximate surface area is 122 Å². The normalized spacial score (nSPS) is 24.4. The molecular weight excluding hydrogens is 246 g/mol. The molecule has 1 spiro atoms. The van der Waals surface area contributed by atoms with Gasteiger partial charge in [0, 0.05) is 18.2 Å². The zero-order chi connectivity index (χ0) is 14.0. The summed E-state index contributed by atoms with van der Waals surface area (Å²) >= 11 is 0. The van der Waals surface area contributed by atoms with Gasteiger partial charge < -0.3 is 4.90 Å². The second kappa shape index (κ2) is 5.57. The predicted molar refractivity (Wildman–Crippen MR) is 85.3 cm³/mol. The van der Waals surface area contributed by atoms with Gasteiger partial charge in [0.25, 0.3) is 0 Å². The molecule has 0 amide bonds. The SMILES string of the molecule is CN1CCC2(CCCC2=NN(C)c2ccccc2)CC1. The zero-order valence-corrected chi connectivity index (χ0v) is 12.7. The number of piperidine rings is 1. The maximum atomic E-state index is 4.98. The van der Waals surface area contributed by atoms with Gasteiger partial charge in [-0.3, -0.25) is 5.01 Å². The van der Waals surface area contributed by atoms with E-state index in [9.17, 15) is 0 Å². The average molecular weight is 271 g/mol. The van der Waals surface area contributed by atoms with E-state index in [0.29, 0.717) is 5.41 Å². The third-order valence-electron chi connectivity index (χ3n) is 5.03. The lowest BCUT2D eigenvalue weighted by atomic mass is 9.76. The molecule has 3 heteroatoms. The lowest BCUT2D eigenvalue weighted by Crippen LogP contribution is -2.41. The van der Waals surface area contributed by atoms with Crippen LogP contribution < -0.4 is 5.01 Å². The minimum Gasteiger partial charge on any atom is -0.306 e. The highest BCUT2D eigenvalue weighted by molar-refractivity contribution is 5.92. The summed E-state index contributed by atoms with van der Waals surface area (Å²) < 4.78 is 0. The third kappa shape index (κ3) is 2.59. The zero-order valence-electron chi connectivity index (χ0n) is 12.7. The molecule has 1 heterocycles. The van der Waals surface area contributed by atoms with E-state index in [1.54, 1.807) is 0 Å². The molecule has 2 fully saturated rings. The number of hydrogen-bond acceptors (Lipinski definition) is 3. The predicted octanol–water partition coefficient (Wildman–Crippen LogP) is 3.37. The maximum absolute atomic E-state index is 4.98. The number of nitrogens with zero attached hydrogens (tertiary/aromatic N) is 3. The first-order chi connectivity index (χ1) is 9.70. The van der Waals surface area contributed by atoms with Crippen molar-refractivity contribution in [3.63, 3.8) is 0 Å². The van der Waals surface area contributed by atoms with E-state index in [0.717, 1.165) is 0 Å². The first-order valence-corrected chi connectivity index (χ1v) is 7.75. The van der Waals surface area contributed by atoms with Crippen LogP contribution in [0.1, 0.15) is 32.1 Å². The summed E-state index contributed by atoms with van der Waals surface area (Å²) in [6, 6.07) is 10.5. The van der Waals surface area contributed by atoms with E-state index in [2.05, 4.69) is 54.3 Å². The molecule has 0 radical (unpaired) electrons. The summed E-state index contributed by atoms with van der Waals surface area (Å²) in [6.07, 6.45) is 6.39. The minimum absolute atomic E-state index is 0.398. The molecule has 1 aromatic rings. The van der Waals surface area contributed by atoms with Gasteiger partial charge >= 0.3 is 0 Å². The number of likely N-dealkylation sites (tertiary alicyclic amines) is 1. The number of hydrazone groups is 1. The lowest BCUT2D eigenvalue weighted by Gasteiger charge is -2.38. The highest BCUT2D eigenvalue weighted by Crippen LogP contribution is 2.44. The van der Waals surface area contributed by atoms with Crippen molar-refractivity contribution in [2.24, 2.45) is 10.5 Å². The Bertz CT molecular complexity index is 472. The Morgan fingerprint density at radius 2 is 1.80 bits per heavy atom. The van der Waals surface area contributed by atoms with Crippen molar-refractivity contribution in [2.45, 2.75) is 32.1 Å².